The second-order valence-electron chi connectivity index (χ2n) is 4.18. The maximum atomic E-state index is 10.9. The van der Waals surface area contributed by atoms with E-state index in [-0.39, 0.29) is 0 Å². The number of rotatable bonds is 6. The average Bonchev–Trinajstić information content (AvgIpc) is 2.34. The van der Waals surface area contributed by atoms with E-state index in [1.807, 2.05) is 39.0 Å². The van der Waals surface area contributed by atoms with Crippen LogP contribution in [0, 0.1) is 6.92 Å². The van der Waals surface area contributed by atoms with E-state index < -0.39 is 8.18 Å². The minimum atomic E-state index is -2.67. The highest BCUT2D eigenvalue weighted by Gasteiger charge is 2.05. The van der Waals surface area contributed by atoms with Gasteiger partial charge >= 0.3 is 0 Å². The SMILES string of the molecule is CC/C(N[PH](=O)O)=C(/C)SCc1ccc(Cl)cc1C. The van der Waals surface area contributed by atoms with Crippen molar-refractivity contribution in [2.24, 2.45) is 0 Å². The Hall–Kier alpha value is -0.410. The summed E-state index contributed by atoms with van der Waals surface area (Å²) in [4.78, 5) is 9.99. The highest BCUT2D eigenvalue weighted by molar-refractivity contribution is 8.02. The number of thioether (sulfide) groups is 1. The molecule has 1 atom stereocenters. The Morgan fingerprint density at radius 1 is 1.53 bits per heavy atom. The lowest BCUT2D eigenvalue weighted by molar-refractivity contribution is 0.494. The third-order valence-corrected chi connectivity index (χ3v) is 4.67. The van der Waals surface area contributed by atoms with E-state index in [1.54, 1.807) is 11.8 Å². The number of aryl methyl sites for hydroxylation is 1. The number of allylic oxidation sites excluding steroid dienone is 2. The lowest BCUT2D eigenvalue weighted by Gasteiger charge is -2.12. The Morgan fingerprint density at radius 3 is 2.74 bits per heavy atom. The van der Waals surface area contributed by atoms with Gasteiger partial charge in [-0.05, 0) is 43.5 Å². The molecule has 1 aromatic rings. The van der Waals surface area contributed by atoms with Crippen molar-refractivity contribution in [2.45, 2.75) is 32.9 Å². The second-order valence-corrected chi connectivity index (χ2v) is 6.66. The van der Waals surface area contributed by atoms with Crippen molar-refractivity contribution in [3.8, 4) is 0 Å². The number of nitrogens with one attached hydrogen (secondary N) is 1. The molecule has 0 aromatic heterocycles. The first-order valence-electron chi connectivity index (χ1n) is 6.01. The van der Waals surface area contributed by atoms with Crippen molar-refractivity contribution >= 4 is 31.5 Å². The molecule has 0 aliphatic heterocycles. The summed E-state index contributed by atoms with van der Waals surface area (Å²) in [5.74, 6) is 0.826. The summed E-state index contributed by atoms with van der Waals surface area (Å²) in [5.41, 5.74) is 3.22. The molecule has 19 heavy (non-hydrogen) atoms. The van der Waals surface area contributed by atoms with Crippen molar-refractivity contribution in [1.29, 1.82) is 0 Å². The molecule has 0 saturated carbocycles. The minimum absolute atomic E-state index is 0.718. The van der Waals surface area contributed by atoms with Gasteiger partial charge in [-0.2, -0.15) is 0 Å². The van der Waals surface area contributed by atoms with Gasteiger partial charge in [-0.25, -0.2) is 0 Å². The largest absolute Gasteiger partial charge is 0.331 e. The summed E-state index contributed by atoms with van der Waals surface area (Å²) in [7, 11) is -2.67. The molecule has 0 saturated heterocycles. The maximum absolute atomic E-state index is 10.9. The quantitative estimate of drug-likeness (QED) is 0.758. The summed E-state index contributed by atoms with van der Waals surface area (Å²) in [6.07, 6.45) is 0.718. The van der Waals surface area contributed by atoms with E-state index in [1.165, 1.54) is 5.56 Å². The number of benzene rings is 1. The zero-order valence-electron chi connectivity index (χ0n) is 11.3. The van der Waals surface area contributed by atoms with Crippen molar-refractivity contribution in [3.63, 3.8) is 0 Å². The molecule has 3 nitrogen and oxygen atoms in total. The molecule has 0 heterocycles. The topological polar surface area (TPSA) is 49.3 Å². The molecule has 0 bridgehead atoms. The van der Waals surface area contributed by atoms with Gasteiger partial charge in [0.15, 0.2) is 0 Å². The number of halogens is 1. The van der Waals surface area contributed by atoms with Gasteiger partial charge in [-0.1, -0.05) is 24.6 Å². The van der Waals surface area contributed by atoms with E-state index in [4.69, 9.17) is 16.5 Å². The molecule has 2 N–H and O–H groups in total. The lowest BCUT2D eigenvalue weighted by atomic mass is 10.1. The number of hydrogen-bond donors (Lipinski definition) is 2. The van der Waals surface area contributed by atoms with Gasteiger partial charge in [0.05, 0.1) is 0 Å². The molecule has 6 heteroatoms. The minimum Gasteiger partial charge on any atom is -0.331 e. The summed E-state index contributed by atoms with van der Waals surface area (Å²) < 4.78 is 10.9. The van der Waals surface area contributed by atoms with Crippen molar-refractivity contribution < 1.29 is 9.46 Å². The maximum Gasteiger partial charge on any atom is 0.279 e. The molecular weight excluding hydrogens is 301 g/mol. The van der Waals surface area contributed by atoms with Gasteiger partial charge in [0.2, 0.25) is 0 Å². The Labute approximate surface area is 124 Å². The molecule has 0 radical (unpaired) electrons. The van der Waals surface area contributed by atoms with Gasteiger partial charge in [0.25, 0.3) is 8.18 Å². The van der Waals surface area contributed by atoms with Crippen LogP contribution in [0.1, 0.15) is 31.4 Å². The molecule has 0 aliphatic rings. The highest BCUT2D eigenvalue weighted by Crippen LogP contribution is 2.28. The van der Waals surface area contributed by atoms with Crippen LogP contribution in [0.3, 0.4) is 0 Å². The lowest BCUT2D eigenvalue weighted by Crippen LogP contribution is -2.03. The summed E-state index contributed by atoms with van der Waals surface area (Å²) >= 11 is 7.59. The molecule has 0 aliphatic carbocycles. The predicted molar refractivity (Wildman–Crippen MR) is 84.8 cm³/mol. The smallest absolute Gasteiger partial charge is 0.279 e. The average molecular weight is 320 g/mol. The first-order chi connectivity index (χ1) is 8.93. The Morgan fingerprint density at radius 2 is 2.21 bits per heavy atom. The third-order valence-electron chi connectivity index (χ3n) is 2.79. The molecule has 1 unspecified atom stereocenters. The van der Waals surface area contributed by atoms with Gasteiger partial charge in [0.1, 0.15) is 0 Å². The van der Waals surface area contributed by atoms with Crippen LogP contribution in [0.2, 0.25) is 5.02 Å². The Balaban J connectivity index is 2.74. The van der Waals surface area contributed by atoms with Crippen LogP contribution in [-0.4, -0.2) is 4.89 Å². The Bertz CT molecular complexity index is 505. The first kappa shape index (κ1) is 16.6. The van der Waals surface area contributed by atoms with Crippen molar-refractivity contribution in [2.75, 3.05) is 0 Å². The number of hydrogen-bond acceptors (Lipinski definition) is 2. The van der Waals surface area contributed by atoms with Crippen molar-refractivity contribution in [3.05, 3.63) is 45.0 Å². The van der Waals surface area contributed by atoms with Crippen LogP contribution >= 0.6 is 31.5 Å². The fourth-order valence-corrected chi connectivity index (χ4v) is 3.65. The van der Waals surface area contributed by atoms with Crippen LogP contribution in [-0.2, 0) is 10.3 Å². The molecule has 0 spiro atoms. The van der Waals surface area contributed by atoms with E-state index in [0.717, 1.165) is 33.4 Å². The highest BCUT2D eigenvalue weighted by atomic mass is 35.5. The summed E-state index contributed by atoms with van der Waals surface area (Å²) in [6, 6.07) is 5.85. The van der Waals surface area contributed by atoms with E-state index >= 15 is 0 Å². The fourth-order valence-electron chi connectivity index (χ4n) is 1.65. The normalized spacial score (nSPS) is 13.9. The molecule has 106 valence electrons. The van der Waals surface area contributed by atoms with Gasteiger partial charge < -0.3 is 9.98 Å². The zero-order chi connectivity index (χ0) is 14.4. The van der Waals surface area contributed by atoms with Crippen LogP contribution in [0.15, 0.2) is 28.8 Å². The van der Waals surface area contributed by atoms with Gasteiger partial charge in [-0.15, -0.1) is 11.8 Å². The molecule has 0 fully saturated rings. The third kappa shape index (κ3) is 5.62. The van der Waals surface area contributed by atoms with Crippen LogP contribution < -0.4 is 5.09 Å². The van der Waals surface area contributed by atoms with Crippen molar-refractivity contribution in [1.82, 2.24) is 5.09 Å². The van der Waals surface area contributed by atoms with Crippen LogP contribution in [0.4, 0.5) is 0 Å². The standard InChI is InChI=1S/C13H19ClNO2PS/c1-4-13(15-18(16)17)10(3)19-8-11-5-6-12(14)7-9(11)2/h5-7,18H,4,8H2,1-3H3,(H2,15,16,17)/b13-10+. The first-order valence-corrected chi connectivity index (χ1v) is 8.73. The van der Waals surface area contributed by atoms with E-state index in [9.17, 15) is 4.57 Å². The molecular formula is C13H19ClNO2PS. The predicted octanol–water partition coefficient (Wildman–Crippen LogP) is 4.49. The zero-order valence-corrected chi connectivity index (χ0v) is 13.9. The summed E-state index contributed by atoms with van der Waals surface area (Å²) in [6.45, 7) is 5.96. The van der Waals surface area contributed by atoms with Gasteiger partial charge in [0, 0.05) is 21.4 Å². The monoisotopic (exact) mass is 319 g/mol. The second kappa shape index (κ2) is 8.01. The molecule has 0 amide bonds. The van der Waals surface area contributed by atoms with Gasteiger partial charge in [-0.3, -0.25) is 4.57 Å². The van der Waals surface area contributed by atoms with E-state index in [0.29, 0.717) is 0 Å². The van der Waals surface area contributed by atoms with E-state index in [2.05, 4.69) is 5.09 Å². The fraction of sp³-hybridized carbons (Fsp3) is 0.385. The molecule has 1 rings (SSSR count). The van der Waals surface area contributed by atoms with Crippen LogP contribution in [0.5, 0.6) is 0 Å². The molecule has 1 aromatic carbocycles. The Kier molecular flexibility index (Phi) is 7.01. The van der Waals surface area contributed by atoms with Crippen LogP contribution in [0.25, 0.3) is 0 Å². The summed E-state index contributed by atoms with van der Waals surface area (Å²) in [5, 5.41) is 3.37.